The van der Waals surface area contributed by atoms with E-state index in [-0.39, 0.29) is 29.7 Å². The van der Waals surface area contributed by atoms with Gasteiger partial charge in [-0.15, -0.1) is 0 Å². The normalized spacial score (nSPS) is 12.2. The number of fused-ring (bicyclic) bond motifs is 2. The smallest absolute Gasteiger partial charge is 0.340 e. The zero-order chi connectivity index (χ0) is 22.1. The van der Waals surface area contributed by atoms with Gasteiger partial charge >= 0.3 is 11.6 Å². The van der Waals surface area contributed by atoms with Crippen LogP contribution in [0.4, 0.5) is 0 Å². The average Bonchev–Trinajstić information content (AvgIpc) is 3.13. The average molecular weight is 420 g/mol. The standard InChI is InChI=1S/C23H20N2O6/c1-12-15-7-6-14(26)9-20(15)31-23(30)17(12)10-21(27)25-19(22(28)29)8-13-11-24-18-5-3-2-4-16(13)18/h2-7,9,11,19,24,26H,8,10H2,1H3,(H,25,27)(H,28,29). The molecule has 0 radical (unpaired) electrons. The number of aliphatic carboxylic acids is 1. The molecule has 0 saturated heterocycles. The molecule has 0 aliphatic heterocycles. The molecule has 0 saturated carbocycles. The molecule has 31 heavy (non-hydrogen) atoms. The van der Waals surface area contributed by atoms with E-state index in [1.807, 2.05) is 24.3 Å². The van der Waals surface area contributed by atoms with Crippen molar-refractivity contribution < 1.29 is 24.2 Å². The van der Waals surface area contributed by atoms with E-state index in [0.717, 1.165) is 16.5 Å². The van der Waals surface area contributed by atoms with Crippen LogP contribution in [-0.2, 0) is 22.4 Å². The van der Waals surface area contributed by atoms with Crippen LogP contribution in [0.5, 0.6) is 5.75 Å². The molecular formula is C23H20N2O6. The summed E-state index contributed by atoms with van der Waals surface area (Å²) < 4.78 is 5.23. The van der Waals surface area contributed by atoms with Crippen molar-refractivity contribution in [2.45, 2.75) is 25.8 Å². The van der Waals surface area contributed by atoms with Gasteiger partial charge in [0, 0.05) is 35.0 Å². The molecule has 0 aliphatic rings. The number of carboxylic acids is 1. The van der Waals surface area contributed by atoms with Crippen LogP contribution >= 0.6 is 0 Å². The highest BCUT2D eigenvalue weighted by Crippen LogP contribution is 2.24. The lowest BCUT2D eigenvalue weighted by atomic mass is 10.0. The highest BCUT2D eigenvalue weighted by Gasteiger charge is 2.23. The van der Waals surface area contributed by atoms with Gasteiger partial charge in [0.05, 0.1) is 12.0 Å². The minimum Gasteiger partial charge on any atom is -0.508 e. The maximum Gasteiger partial charge on any atom is 0.340 e. The van der Waals surface area contributed by atoms with Crippen LogP contribution in [0.3, 0.4) is 0 Å². The molecule has 2 aromatic heterocycles. The first kappa shape index (κ1) is 20.2. The first-order chi connectivity index (χ1) is 14.8. The number of phenols is 1. The summed E-state index contributed by atoms with van der Waals surface area (Å²) in [5, 5.41) is 23.2. The van der Waals surface area contributed by atoms with E-state index in [1.54, 1.807) is 19.2 Å². The first-order valence-corrected chi connectivity index (χ1v) is 9.66. The topological polar surface area (TPSA) is 133 Å². The van der Waals surface area contributed by atoms with Gasteiger partial charge in [0.1, 0.15) is 17.4 Å². The summed E-state index contributed by atoms with van der Waals surface area (Å²) in [6, 6.07) is 10.7. The number of aromatic nitrogens is 1. The lowest BCUT2D eigenvalue weighted by Crippen LogP contribution is -2.43. The summed E-state index contributed by atoms with van der Waals surface area (Å²) in [7, 11) is 0. The molecule has 0 fully saturated rings. The lowest BCUT2D eigenvalue weighted by Gasteiger charge is -2.15. The van der Waals surface area contributed by atoms with Crippen molar-refractivity contribution in [3.63, 3.8) is 0 Å². The number of carbonyl (C=O) groups is 2. The number of para-hydroxylation sites is 1. The van der Waals surface area contributed by atoms with Gasteiger partial charge in [0.25, 0.3) is 0 Å². The number of phenolic OH excluding ortho intramolecular Hbond substituents is 1. The van der Waals surface area contributed by atoms with Crippen molar-refractivity contribution in [3.8, 4) is 5.75 Å². The highest BCUT2D eigenvalue weighted by atomic mass is 16.4. The summed E-state index contributed by atoms with van der Waals surface area (Å²) in [5.74, 6) is -1.81. The van der Waals surface area contributed by atoms with E-state index < -0.39 is 23.5 Å². The van der Waals surface area contributed by atoms with E-state index >= 15 is 0 Å². The Bertz CT molecular complexity index is 1370. The molecule has 4 rings (SSSR count). The SMILES string of the molecule is Cc1c(CC(=O)NC(Cc2c[nH]c3ccccc23)C(=O)O)c(=O)oc2cc(O)ccc12. The second kappa shape index (κ2) is 7.98. The molecule has 1 amide bonds. The Kier molecular flexibility index (Phi) is 5.21. The summed E-state index contributed by atoms with van der Waals surface area (Å²) in [6.07, 6.45) is 1.50. The van der Waals surface area contributed by atoms with Gasteiger partial charge in [-0.05, 0) is 36.2 Å². The van der Waals surface area contributed by atoms with Gasteiger partial charge in [0.15, 0.2) is 0 Å². The van der Waals surface area contributed by atoms with Crippen LogP contribution in [0.1, 0.15) is 16.7 Å². The van der Waals surface area contributed by atoms with E-state index in [4.69, 9.17) is 4.42 Å². The van der Waals surface area contributed by atoms with Crippen LogP contribution < -0.4 is 10.9 Å². The van der Waals surface area contributed by atoms with Crippen molar-refractivity contribution in [1.29, 1.82) is 0 Å². The number of hydrogen-bond acceptors (Lipinski definition) is 5. The molecule has 158 valence electrons. The number of carboxylic acid groups (broad SMARTS) is 1. The number of H-pyrrole nitrogens is 1. The van der Waals surface area contributed by atoms with Crippen molar-refractivity contribution in [2.24, 2.45) is 0 Å². The Morgan fingerprint density at radius 3 is 2.71 bits per heavy atom. The predicted octanol–water partition coefficient (Wildman–Crippen LogP) is 2.64. The molecular weight excluding hydrogens is 400 g/mol. The monoisotopic (exact) mass is 420 g/mol. The van der Waals surface area contributed by atoms with Gasteiger partial charge in [-0.2, -0.15) is 0 Å². The summed E-state index contributed by atoms with van der Waals surface area (Å²) in [5.41, 5.74) is 1.85. The number of nitrogens with one attached hydrogen (secondary N) is 2. The molecule has 2 heterocycles. The third-order valence-electron chi connectivity index (χ3n) is 5.34. The second-order valence-corrected chi connectivity index (χ2v) is 7.37. The fourth-order valence-corrected chi connectivity index (χ4v) is 3.71. The number of aromatic hydroxyl groups is 1. The summed E-state index contributed by atoms with van der Waals surface area (Å²) in [4.78, 5) is 39.8. The number of aryl methyl sites for hydroxylation is 1. The molecule has 0 aliphatic carbocycles. The zero-order valence-electron chi connectivity index (χ0n) is 16.6. The molecule has 0 spiro atoms. The number of benzene rings is 2. The minimum absolute atomic E-state index is 0.0397. The Morgan fingerprint density at radius 1 is 1.16 bits per heavy atom. The molecule has 4 aromatic rings. The highest BCUT2D eigenvalue weighted by molar-refractivity contribution is 5.89. The van der Waals surface area contributed by atoms with Crippen LogP contribution in [0, 0.1) is 6.92 Å². The fourth-order valence-electron chi connectivity index (χ4n) is 3.71. The Balaban J connectivity index is 1.56. The van der Waals surface area contributed by atoms with Crippen LogP contribution in [0.15, 0.2) is 57.9 Å². The Morgan fingerprint density at radius 2 is 1.94 bits per heavy atom. The molecule has 2 aromatic carbocycles. The number of amides is 1. The quantitative estimate of drug-likeness (QED) is 0.355. The third kappa shape index (κ3) is 4.00. The van der Waals surface area contributed by atoms with Crippen molar-refractivity contribution in [1.82, 2.24) is 10.3 Å². The van der Waals surface area contributed by atoms with Gasteiger partial charge < -0.3 is 24.9 Å². The van der Waals surface area contributed by atoms with E-state index in [1.165, 1.54) is 12.1 Å². The van der Waals surface area contributed by atoms with E-state index in [2.05, 4.69) is 10.3 Å². The van der Waals surface area contributed by atoms with Crippen LogP contribution in [0.2, 0.25) is 0 Å². The van der Waals surface area contributed by atoms with Crippen molar-refractivity contribution >= 4 is 33.7 Å². The van der Waals surface area contributed by atoms with E-state index in [0.29, 0.717) is 10.9 Å². The maximum absolute atomic E-state index is 12.6. The Labute approximate surface area is 176 Å². The van der Waals surface area contributed by atoms with Gasteiger partial charge in [-0.1, -0.05) is 18.2 Å². The fraction of sp³-hybridized carbons (Fsp3) is 0.174. The van der Waals surface area contributed by atoms with Crippen molar-refractivity contribution in [3.05, 3.63) is 75.8 Å². The third-order valence-corrected chi connectivity index (χ3v) is 5.34. The lowest BCUT2D eigenvalue weighted by molar-refractivity contribution is -0.141. The maximum atomic E-state index is 12.6. The molecule has 8 heteroatoms. The molecule has 1 atom stereocenters. The number of hydrogen-bond donors (Lipinski definition) is 4. The molecule has 0 bridgehead atoms. The Hall–Kier alpha value is -4.07. The van der Waals surface area contributed by atoms with Crippen molar-refractivity contribution in [2.75, 3.05) is 0 Å². The summed E-state index contributed by atoms with van der Waals surface area (Å²) in [6.45, 7) is 1.68. The largest absolute Gasteiger partial charge is 0.508 e. The van der Waals surface area contributed by atoms with Crippen LogP contribution in [0.25, 0.3) is 21.9 Å². The number of rotatable bonds is 6. The number of carbonyl (C=O) groups excluding carboxylic acids is 1. The minimum atomic E-state index is -1.17. The van der Waals surface area contributed by atoms with Gasteiger partial charge in [-0.25, -0.2) is 9.59 Å². The first-order valence-electron chi connectivity index (χ1n) is 9.66. The number of aromatic amines is 1. The van der Waals surface area contributed by atoms with Crippen LogP contribution in [-0.4, -0.2) is 33.1 Å². The predicted molar refractivity (Wildman–Crippen MR) is 114 cm³/mol. The molecule has 4 N–H and O–H groups in total. The van der Waals surface area contributed by atoms with Gasteiger partial charge in [0.2, 0.25) is 5.91 Å². The zero-order valence-corrected chi connectivity index (χ0v) is 16.6. The second-order valence-electron chi connectivity index (χ2n) is 7.37. The van der Waals surface area contributed by atoms with Gasteiger partial charge in [-0.3, -0.25) is 4.79 Å². The summed E-state index contributed by atoms with van der Waals surface area (Å²) >= 11 is 0. The molecule has 8 nitrogen and oxygen atoms in total. The van der Waals surface area contributed by atoms with E-state index in [9.17, 15) is 24.6 Å². The molecule has 1 unspecified atom stereocenters.